The Morgan fingerprint density at radius 1 is 1.29 bits per heavy atom. The Hall–Kier alpha value is -2.36. The smallest absolute Gasteiger partial charge is 0.207 e. The van der Waals surface area contributed by atoms with Crippen molar-refractivity contribution in [1.29, 1.82) is 0 Å². The van der Waals surface area contributed by atoms with Gasteiger partial charge in [0.25, 0.3) is 0 Å². The Balaban J connectivity index is 1.94. The third-order valence-corrected chi connectivity index (χ3v) is 3.90. The molecule has 0 fully saturated rings. The molecule has 2 heterocycles. The summed E-state index contributed by atoms with van der Waals surface area (Å²) in [5.41, 5.74) is 4.61. The van der Waals surface area contributed by atoms with Crippen molar-refractivity contribution in [2.45, 2.75) is 26.2 Å². The van der Waals surface area contributed by atoms with E-state index < -0.39 is 0 Å². The molecule has 4 heteroatoms. The Morgan fingerprint density at radius 2 is 2.14 bits per heavy atom. The van der Waals surface area contributed by atoms with Crippen molar-refractivity contribution >= 4 is 28.2 Å². The van der Waals surface area contributed by atoms with Crippen molar-refractivity contribution in [3.63, 3.8) is 0 Å². The standard InChI is InChI=1S/C17H19N3O/c1-12-17-16(14-7-2-3-8-15(14)20-17)13(10-19-12)6-4-5-9-18-11-21/h2-3,7-8,10-11,20H,4-6,9H2,1H3,(H,18,21). The number of para-hydroxylation sites is 1. The second kappa shape index (κ2) is 5.95. The zero-order valence-corrected chi connectivity index (χ0v) is 12.1. The van der Waals surface area contributed by atoms with E-state index in [0.717, 1.165) is 48.9 Å². The van der Waals surface area contributed by atoms with Crippen molar-refractivity contribution < 1.29 is 4.79 Å². The number of hydrogen-bond donors (Lipinski definition) is 2. The summed E-state index contributed by atoms with van der Waals surface area (Å²) >= 11 is 0. The minimum atomic E-state index is 0.736. The highest BCUT2D eigenvalue weighted by molar-refractivity contribution is 6.09. The van der Waals surface area contributed by atoms with E-state index in [1.54, 1.807) is 0 Å². The van der Waals surface area contributed by atoms with Crippen LogP contribution in [0.15, 0.2) is 30.5 Å². The van der Waals surface area contributed by atoms with Crippen molar-refractivity contribution in [2.24, 2.45) is 0 Å². The van der Waals surface area contributed by atoms with E-state index in [-0.39, 0.29) is 0 Å². The van der Waals surface area contributed by atoms with Crippen molar-refractivity contribution in [2.75, 3.05) is 6.54 Å². The molecule has 21 heavy (non-hydrogen) atoms. The van der Waals surface area contributed by atoms with E-state index in [4.69, 9.17) is 0 Å². The molecule has 3 rings (SSSR count). The molecule has 0 aliphatic carbocycles. The third kappa shape index (κ3) is 2.61. The molecule has 0 spiro atoms. The quantitative estimate of drug-likeness (QED) is 0.539. The van der Waals surface area contributed by atoms with E-state index >= 15 is 0 Å². The van der Waals surface area contributed by atoms with Crippen molar-refractivity contribution in [3.05, 3.63) is 41.7 Å². The van der Waals surface area contributed by atoms with Crippen LogP contribution in [-0.4, -0.2) is 22.9 Å². The fraction of sp³-hybridized carbons (Fsp3) is 0.294. The van der Waals surface area contributed by atoms with Crippen LogP contribution in [0, 0.1) is 6.92 Å². The van der Waals surface area contributed by atoms with Gasteiger partial charge in [0.05, 0.1) is 11.2 Å². The number of benzene rings is 1. The highest BCUT2D eigenvalue weighted by Gasteiger charge is 2.11. The van der Waals surface area contributed by atoms with Crippen LogP contribution in [0.5, 0.6) is 0 Å². The molecule has 0 saturated carbocycles. The molecule has 0 saturated heterocycles. The van der Waals surface area contributed by atoms with Gasteiger partial charge in [-0.1, -0.05) is 18.2 Å². The minimum Gasteiger partial charge on any atom is -0.359 e. The lowest BCUT2D eigenvalue weighted by molar-refractivity contribution is -0.109. The molecule has 0 unspecified atom stereocenters. The Bertz CT molecular complexity index is 776. The normalized spacial score (nSPS) is 11.1. The number of fused-ring (bicyclic) bond motifs is 3. The van der Waals surface area contributed by atoms with Crippen molar-refractivity contribution in [3.8, 4) is 0 Å². The average Bonchev–Trinajstić information content (AvgIpc) is 2.90. The maximum atomic E-state index is 10.2. The first-order valence-electron chi connectivity index (χ1n) is 7.33. The molecule has 0 aliphatic heterocycles. The number of carbonyl (C=O) groups excluding carboxylic acids is 1. The summed E-state index contributed by atoms with van der Waals surface area (Å²) in [5, 5.41) is 5.26. The molecule has 1 amide bonds. The fourth-order valence-corrected chi connectivity index (χ4v) is 2.84. The zero-order valence-electron chi connectivity index (χ0n) is 12.1. The summed E-state index contributed by atoms with van der Waals surface area (Å²) < 4.78 is 0. The molecule has 2 aromatic heterocycles. The number of aryl methyl sites for hydroxylation is 2. The molecule has 4 nitrogen and oxygen atoms in total. The Labute approximate surface area is 123 Å². The summed E-state index contributed by atoms with van der Waals surface area (Å²) in [5.74, 6) is 0. The maximum Gasteiger partial charge on any atom is 0.207 e. The predicted molar refractivity (Wildman–Crippen MR) is 85.3 cm³/mol. The molecule has 0 atom stereocenters. The Morgan fingerprint density at radius 3 is 3.00 bits per heavy atom. The summed E-state index contributed by atoms with van der Waals surface area (Å²) in [4.78, 5) is 18.2. The number of carbonyl (C=O) groups is 1. The first-order chi connectivity index (χ1) is 10.3. The number of nitrogens with one attached hydrogen (secondary N) is 2. The van der Waals surface area contributed by atoms with Crippen molar-refractivity contribution in [1.82, 2.24) is 15.3 Å². The van der Waals surface area contributed by atoms with Crippen LogP contribution >= 0.6 is 0 Å². The average molecular weight is 281 g/mol. The number of hydrogen-bond acceptors (Lipinski definition) is 2. The van der Waals surface area contributed by atoms with Gasteiger partial charge in [-0.05, 0) is 37.8 Å². The number of aromatic nitrogens is 2. The van der Waals surface area contributed by atoms with E-state index in [1.165, 1.54) is 16.3 Å². The highest BCUT2D eigenvalue weighted by Crippen LogP contribution is 2.30. The molecule has 0 radical (unpaired) electrons. The fourth-order valence-electron chi connectivity index (χ4n) is 2.84. The lowest BCUT2D eigenvalue weighted by Crippen LogP contribution is -2.12. The van der Waals surface area contributed by atoms with Crippen LogP contribution in [0.3, 0.4) is 0 Å². The lowest BCUT2D eigenvalue weighted by Gasteiger charge is -2.05. The summed E-state index contributed by atoms with van der Waals surface area (Å²) in [7, 11) is 0. The SMILES string of the molecule is Cc1ncc(CCCCNC=O)c2c1[nH]c1ccccc12. The lowest BCUT2D eigenvalue weighted by atomic mass is 10.0. The van der Waals surface area contributed by atoms with E-state index in [1.807, 2.05) is 19.2 Å². The molecule has 2 N–H and O–H groups in total. The first-order valence-corrected chi connectivity index (χ1v) is 7.33. The number of nitrogens with zero attached hydrogens (tertiary/aromatic N) is 1. The van der Waals surface area contributed by atoms with Crippen LogP contribution in [0.1, 0.15) is 24.1 Å². The van der Waals surface area contributed by atoms with Crippen LogP contribution in [0.25, 0.3) is 21.8 Å². The number of pyridine rings is 1. The van der Waals surface area contributed by atoms with Gasteiger partial charge < -0.3 is 10.3 Å². The number of unbranched alkanes of at least 4 members (excludes halogenated alkanes) is 1. The number of H-pyrrole nitrogens is 1. The molecule has 0 aliphatic rings. The monoisotopic (exact) mass is 281 g/mol. The topological polar surface area (TPSA) is 57.8 Å². The van der Waals surface area contributed by atoms with Crippen LogP contribution in [0.4, 0.5) is 0 Å². The maximum absolute atomic E-state index is 10.2. The van der Waals surface area contributed by atoms with Crippen LogP contribution < -0.4 is 5.32 Å². The van der Waals surface area contributed by atoms with Gasteiger partial charge in [-0.3, -0.25) is 9.78 Å². The van der Waals surface area contributed by atoms with E-state index in [2.05, 4.69) is 33.5 Å². The van der Waals surface area contributed by atoms with Gasteiger partial charge in [0.1, 0.15) is 0 Å². The van der Waals surface area contributed by atoms with Crippen LogP contribution in [-0.2, 0) is 11.2 Å². The molecule has 1 aromatic carbocycles. The predicted octanol–water partition coefficient (Wildman–Crippen LogP) is 3.09. The Kier molecular flexibility index (Phi) is 3.86. The van der Waals surface area contributed by atoms with Gasteiger partial charge in [-0.15, -0.1) is 0 Å². The molecular weight excluding hydrogens is 262 g/mol. The van der Waals surface area contributed by atoms with Gasteiger partial charge in [-0.2, -0.15) is 0 Å². The molecule has 0 bridgehead atoms. The zero-order chi connectivity index (χ0) is 14.7. The second-order valence-electron chi connectivity index (χ2n) is 5.32. The van der Waals surface area contributed by atoms with Gasteiger partial charge in [-0.25, -0.2) is 0 Å². The number of aromatic amines is 1. The molecule has 3 aromatic rings. The highest BCUT2D eigenvalue weighted by atomic mass is 16.1. The largest absolute Gasteiger partial charge is 0.359 e. The molecular formula is C17H19N3O. The summed E-state index contributed by atoms with van der Waals surface area (Å²) in [6.45, 7) is 2.77. The minimum absolute atomic E-state index is 0.736. The van der Waals surface area contributed by atoms with Gasteiger partial charge in [0.15, 0.2) is 0 Å². The van der Waals surface area contributed by atoms with Gasteiger partial charge in [0.2, 0.25) is 6.41 Å². The summed E-state index contributed by atoms with van der Waals surface area (Å²) in [6.07, 6.45) is 5.75. The third-order valence-electron chi connectivity index (χ3n) is 3.90. The first kappa shape index (κ1) is 13.6. The molecule has 108 valence electrons. The van der Waals surface area contributed by atoms with E-state index in [0.29, 0.717) is 0 Å². The number of amides is 1. The summed E-state index contributed by atoms with van der Waals surface area (Å²) in [6, 6.07) is 8.38. The number of rotatable bonds is 6. The van der Waals surface area contributed by atoms with Crippen LogP contribution in [0.2, 0.25) is 0 Å². The van der Waals surface area contributed by atoms with Gasteiger partial charge >= 0.3 is 0 Å². The van der Waals surface area contributed by atoms with E-state index in [9.17, 15) is 4.79 Å². The second-order valence-corrected chi connectivity index (χ2v) is 5.32. The van der Waals surface area contributed by atoms with Gasteiger partial charge in [0, 0.05) is 29.0 Å².